The van der Waals surface area contributed by atoms with Gasteiger partial charge < -0.3 is 5.32 Å². The number of imide groups is 1. The SMILES string of the molecule is O=C1CCC(=O)N1N1CCNC1. The van der Waals surface area contributed by atoms with Gasteiger partial charge in [-0.25, -0.2) is 5.01 Å². The van der Waals surface area contributed by atoms with Gasteiger partial charge in [0.25, 0.3) is 0 Å². The van der Waals surface area contributed by atoms with Crippen LogP contribution in [0.3, 0.4) is 0 Å². The fourth-order valence-corrected chi connectivity index (χ4v) is 1.55. The third-order valence-electron chi connectivity index (χ3n) is 2.15. The average Bonchev–Trinajstić information content (AvgIpc) is 2.61. The number of hydrazine groups is 1. The van der Waals surface area contributed by atoms with Crippen LogP contribution in [0.4, 0.5) is 0 Å². The van der Waals surface area contributed by atoms with Crippen LogP contribution in [0.5, 0.6) is 0 Å². The van der Waals surface area contributed by atoms with Gasteiger partial charge in [0.15, 0.2) is 0 Å². The van der Waals surface area contributed by atoms with Crippen molar-refractivity contribution in [2.24, 2.45) is 0 Å². The topological polar surface area (TPSA) is 52.7 Å². The number of hydrogen-bond acceptors (Lipinski definition) is 4. The van der Waals surface area contributed by atoms with Crippen LogP contribution in [-0.2, 0) is 9.59 Å². The molecule has 2 saturated heterocycles. The first-order chi connectivity index (χ1) is 5.79. The van der Waals surface area contributed by atoms with Gasteiger partial charge >= 0.3 is 0 Å². The molecule has 0 saturated carbocycles. The monoisotopic (exact) mass is 169 g/mol. The molecule has 2 fully saturated rings. The Morgan fingerprint density at radius 2 is 1.83 bits per heavy atom. The molecule has 0 aromatic rings. The van der Waals surface area contributed by atoms with Gasteiger partial charge in [-0.05, 0) is 0 Å². The van der Waals surface area contributed by atoms with Gasteiger partial charge in [-0.15, -0.1) is 0 Å². The molecule has 0 spiro atoms. The number of nitrogens with zero attached hydrogens (tertiary/aromatic N) is 2. The number of hydrogen-bond donors (Lipinski definition) is 1. The molecule has 2 aliphatic heterocycles. The Morgan fingerprint density at radius 3 is 2.33 bits per heavy atom. The minimum Gasteiger partial charge on any atom is -0.302 e. The van der Waals surface area contributed by atoms with Crippen LogP contribution in [0.15, 0.2) is 0 Å². The largest absolute Gasteiger partial charge is 0.302 e. The molecule has 5 nitrogen and oxygen atoms in total. The van der Waals surface area contributed by atoms with Crippen molar-refractivity contribution in [1.82, 2.24) is 15.3 Å². The number of nitrogens with one attached hydrogen (secondary N) is 1. The van der Waals surface area contributed by atoms with Crippen molar-refractivity contribution >= 4 is 11.8 Å². The maximum atomic E-state index is 11.2. The zero-order chi connectivity index (χ0) is 8.55. The van der Waals surface area contributed by atoms with E-state index in [0.29, 0.717) is 19.5 Å². The third-order valence-corrected chi connectivity index (χ3v) is 2.15. The van der Waals surface area contributed by atoms with Gasteiger partial charge in [0.1, 0.15) is 0 Å². The Hall–Kier alpha value is -0.940. The van der Waals surface area contributed by atoms with E-state index in [1.54, 1.807) is 5.01 Å². The van der Waals surface area contributed by atoms with E-state index in [9.17, 15) is 9.59 Å². The Balaban J connectivity index is 2.09. The summed E-state index contributed by atoms with van der Waals surface area (Å²) in [6.45, 7) is 2.20. The molecule has 2 amide bonds. The predicted octanol–water partition coefficient (Wildman–Crippen LogP) is -1.09. The molecular formula is C7H11N3O2. The lowest BCUT2D eigenvalue weighted by Crippen LogP contribution is -2.45. The maximum absolute atomic E-state index is 11.2. The highest BCUT2D eigenvalue weighted by Crippen LogP contribution is 2.14. The summed E-state index contributed by atoms with van der Waals surface area (Å²) in [5, 5.41) is 6.11. The van der Waals surface area contributed by atoms with Crippen LogP contribution in [0, 0.1) is 0 Å². The van der Waals surface area contributed by atoms with Gasteiger partial charge in [0.2, 0.25) is 11.8 Å². The van der Waals surface area contributed by atoms with Crippen LogP contribution in [0.2, 0.25) is 0 Å². The maximum Gasteiger partial charge on any atom is 0.244 e. The summed E-state index contributed by atoms with van der Waals surface area (Å²) >= 11 is 0. The molecule has 5 heteroatoms. The number of amides is 2. The molecule has 2 heterocycles. The number of rotatable bonds is 1. The van der Waals surface area contributed by atoms with Crippen molar-refractivity contribution < 1.29 is 9.59 Å². The molecule has 66 valence electrons. The van der Waals surface area contributed by atoms with Crippen molar-refractivity contribution in [3.05, 3.63) is 0 Å². The lowest BCUT2D eigenvalue weighted by atomic mass is 10.4. The van der Waals surface area contributed by atoms with E-state index in [-0.39, 0.29) is 11.8 Å². The molecular weight excluding hydrogens is 158 g/mol. The molecule has 0 radical (unpaired) electrons. The van der Waals surface area contributed by atoms with Crippen molar-refractivity contribution in [3.8, 4) is 0 Å². The van der Waals surface area contributed by atoms with Gasteiger partial charge in [-0.3, -0.25) is 9.59 Å². The quantitative estimate of drug-likeness (QED) is 0.507. The minimum atomic E-state index is -0.0660. The summed E-state index contributed by atoms with van der Waals surface area (Å²) in [5.41, 5.74) is 0. The molecule has 0 bridgehead atoms. The second-order valence-electron chi connectivity index (χ2n) is 2.99. The summed E-state index contributed by atoms with van der Waals surface area (Å²) < 4.78 is 0. The third kappa shape index (κ3) is 1.11. The molecule has 1 N–H and O–H groups in total. The van der Waals surface area contributed by atoms with Crippen LogP contribution in [-0.4, -0.2) is 41.6 Å². The standard InChI is InChI=1S/C7H11N3O2/c11-6-1-2-7(12)10(6)9-4-3-8-5-9/h8H,1-5H2. The molecule has 2 aliphatic rings. The highest BCUT2D eigenvalue weighted by atomic mass is 16.2. The van der Waals surface area contributed by atoms with Crippen molar-refractivity contribution in [3.63, 3.8) is 0 Å². The van der Waals surface area contributed by atoms with E-state index in [0.717, 1.165) is 13.1 Å². The van der Waals surface area contributed by atoms with E-state index in [2.05, 4.69) is 5.32 Å². The first-order valence-corrected chi connectivity index (χ1v) is 4.10. The van der Waals surface area contributed by atoms with Crippen LogP contribution in [0.25, 0.3) is 0 Å². The molecule has 0 aromatic heterocycles. The van der Waals surface area contributed by atoms with E-state index in [1.165, 1.54) is 5.01 Å². The van der Waals surface area contributed by atoms with Gasteiger partial charge in [-0.2, -0.15) is 5.01 Å². The van der Waals surface area contributed by atoms with Crippen molar-refractivity contribution in [1.29, 1.82) is 0 Å². The fraction of sp³-hybridized carbons (Fsp3) is 0.714. The summed E-state index contributed by atoms with van der Waals surface area (Å²) in [4.78, 5) is 22.4. The summed E-state index contributed by atoms with van der Waals surface area (Å²) in [6, 6.07) is 0. The molecule has 2 rings (SSSR count). The van der Waals surface area contributed by atoms with E-state index >= 15 is 0 Å². The minimum absolute atomic E-state index is 0.0660. The molecule has 0 aliphatic carbocycles. The lowest BCUT2D eigenvalue weighted by molar-refractivity contribution is -0.155. The number of carbonyl (C=O) groups is 2. The van der Waals surface area contributed by atoms with Crippen molar-refractivity contribution in [2.45, 2.75) is 12.8 Å². The summed E-state index contributed by atoms with van der Waals surface area (Å²) in [6.07, 6.45) is 0.741. The Labute approximate surface area is 70.3 Å². The highest BCUT2D eigenvalue weighted by molar-refractivity contribution is 6.01. The van der Waals surface area contributed by atoms with Gasteiger partial charge in [-0.1, -0.05) is 0 Å². The zero-order valence-corrected chi connectivity index (χ0v) is 6.75. The van der Waals surface area contributed by atoms with E-state index in [4.69, 9.17) is 0 Å². The smallest absolute Gasteiger partial charge is 0.244 e. The molecule has 12 heavy (non-hydrogen) atoms. The van der Waals surface area contributed by atoms with Gasteiger partial charge in [0.05, 0.1) is 6.67 Å². The van der Waals surface area contributed by atoms with E-state index < -0.39 is 0 Å². The highest BCUT2D eigenvalue weighted by Gasteiger charge is 2.34. The van der Waals surface area contributed by atoms with Gasteiger partial charge in [0, 0.05) is 25.9 Å². The molecule has 0 unspecified atom stereocenters. The average molecular weight is 169 g/mol. The molecule has 0 atom stereocenters. The summed E-state index contributed by atoms with van der Waals surface area (Å²) in [7, 11) is 0. The second-order valence-corrected chi connectivity index (χ2v) is 2.99. The predicted molar refractivity (Wildman–Crippen MR) is 40.7 cm³/mol. The zero-order valence-electron chi connectivity index (χ0n) is 6.75. The first-order valence-electron chi connectivity index (χ1n) is 4.10. The Kier molecular flexibility index (Phi) is 1.82. The van der Waals surface area contributed by atoms with Crippen LogP contribution in [0.1, 0.15) is 12.8 Å². The first kappa shape index (κ1) is 7.70. The van der Waals surface area contributed by atoms with E-state index in [1.807, 2.05) is 0 Å². The fourth-order valence-electron chi connectivity index (χ4n) is 1.55. The van der Waals surface area contributed by atoms with Crippen LogP contribution < -0.4 is 5.32 Å². The summed E-state index contributed by atoms with van der Waals surface area (Å²) in [5.74, 6) is -0.132. The lowest BCUT2D eigenvalue weighted by Gasteiger charge is -2.23. The molecule has 0 aromatic carbocycles. The van der Waals surface area contributed by atoms with Crippen LogP contribution >= 0.6 is 0 Å². The normalized spacial score (nSPS) is 25.8. The number of carbonyl (C=O) groups excluding carboxylic acids is 2. The Morgan fingerprint density at radius 1 is 1.17 bits per heavy atom. The van der Waals surface area contributed by atoms with Crippen molar-refractivity contribution in [2.75, 3.05) is 19.8 Å². The second kappa shape index (κ2) is 2.84. The Bertz CT molecular complexity index is 207.